The first-order chi connectivity index (χ1) is 7.63. The Kier molecular flexibility index (Phi) is 4.02. The lowest BCUT2D eigenvalue weighted by molar-refractivity contribution is 0.248. The molecule has 2 aromatic heterocycles. The van der Waals surface area contributed by atoms with Crippen molar-refractivity contribution in [1.29, 1.82) is 0 Å². The SMILES string of the molecule is CN(Cc1ccc(Cl)s1)Cn1cc(Br)cn1. The second-order valence-corrected chi connectivity index (χ2v) is 6.27. The molecule has 0 aliphatic carbocycles. The van der Waals surface area contributed by atoms with Gasteiger partial charge in [-0.05, 0) is 35.1 Å². The summed E-state index contributed by atoms with van der Waals surface area (Å²) in [7, 11) is 2.06. The lowest BCUT2D eigenvalue weighted by atomic mass is 10.4. The van der Waals surface area contributed by atoms with E-state index >= 15 is 0 Å². The van der Waals surface area contributed by atoms with Crippen LogP contribution in [0.15, 0.2) is 29.0 Å². The minimum absolute atomic E-state index is 0.765. The fourth-order valence-electron chi connectivity index (χ4n) is 1.42. The summed E-state index contributed by atoms with van der Waals surface area (Å²) in [5, 5.41) is 4.21. The summed E-state index contributed by atoms with van der Waals surface area (Å²) in [5.41, 5.74) is 0. The summed E-state index contributed by atoms with van der Waals surface area (Å²) in [6, 6.07) is 3.99. The molecule has 3 nitrogen and oxygen atoms in total. The quantitative estimate of drug-likeness (QED) is 0.860. The minimum Gasteiger partial charge on any atom is -0.282 e. The van der Waals surface area contributed by atoms with Crippen molar-refractivity contribution in [3.8, 4) is 0 Å². The Morgan fingerprint density at radius 3 is 2.94 bits per heavy atom. The van der Waals surface area contributed by atoms with E-state index in [1.165, 1.54) is 4.88 Å². The lowest BCUT2D eigenvalue weighted by Gasteiger charge is -2.15. The van der Waals surface area contributed by atoms with Crippen LogP contribution in [0.3, 0.4) is 0 Å². The highest BCUT2D eigenvalue weighted by Crippen LogP contribution is 2.22. The Morgan fingerprint density at radius 2 is 2.38 bits per heavy atom. The lowest BCUT2D eigenvalue weighted by Crippen LogP contribution is -2.21. The van der Waals surface area contributed by atoms with Crippen LogP contribution >= 0.6 is 38.9 Å². The first-order valence-corrected chi connectivity index (χ1v) is 6.73. The standard InChI is InChI=1S/C10H11BrClN3S/c1-14(6-9-2-3-10(12)16-9)7-15-5-8(11)4-13-15/h2-5H,6-7H2,1H3. The van der Waals surface area contributed by atoms with Gasteiger partial charge >= 0.3 is 0 Å². The van der Waals surface area contributed by atoms with Crippen molar-refractivity contribution in [2.75, 3.05) is 7.05 Å². The fraction of sp³-hybridized carbons (Fsp3) is 0.300. The van der Waals surface area contributed by atoms with E-state index in [0.717, 1.165) is 22.0 Å². The molecule has 0 radical (unpaired) electrons. The van der Waals surface area contributed by atoms with Gasteiger partial charge in [0.2, 0.25) is 0 Å². The monoisotopic (exact) mass is 319 g/mol. The third kappa shape index (κ3) is 3.31. The first-order valence-electron chi connectivity index (χ1n) is 4.74. The van der Waals surface area contributed by atoms with Gasteiger partial charge in [-0.2, -0.15) is 5.10 Å². The van der Waals surface area contributed by atoms with E-state index < -0.39 is 0 Å². The third-order valence-corrected chi connectivity index (χ3v) is 3.67. The van der Waals surface area contributed by atoms with Gasteiger partial charge in [0.05, 0.1) is 21.7 Å². The van der Waals surface area contributed by atoms with Crippen LogP contribution in [0.5, 0.6) is 0 Å². The Bertz CT molecular complexity index is 426. The van der Waals surface area contributed by atoms with Crippen LogP contribution < -0.4 is 0 Å². The molecule has 0 fully saturated rings. The van der Waals surface area contributed by atoms with Gasteiger partial charge in [-0.3, -0.25) is 9.58 Å². The highest BCUT2D eigenvalue weighted by atomic mass is 79.9. The second-order valence-electron chi connectivity index (χ2n) is 3.56. The Balaban J connectivity index is 1.91. The molecule has 0 saturated heterocycles. The molecule has 0 amide bonds. The van der Waals surface area contributed by atoms with Crippen LogP contribution in [0.25, 0.3) is 0 Å². The summed E-state index contributed by atoms with van der Waals surface area (Å²) in [6.45, 7) is 1.65. The van der Waals surface area contributed by atoms with E-state index in [9.17, 15) is 0 Å². The van der Waals surface area contributed by atoms with Gasteiger partial charge in [0.15, 0.2) is 0 Å². The molecule has 2 heterocycles. The molecule has 0 saturated carbocycles. The maximum Gasteiger partial charge on any atom is 0.0931 e. The molecule has 2 aromatic rings. The van der Waals surface area contributed by atoms with E-state index in [1.54, 1.807) is 17.5 Å². The number of halogens is 2. The molecule has 0 aromatic carbocycles. The summed E-state index contributed by atoms with van der Waals surface area (Å²) >= 11 is 10.9. The van der Waals surface area contributed by atoms with Crippen LogP contribution in [-0.4, -0.2) is 21.7 Å². The van der Waals surface area contributed by atoms with Crippen molar-refractivity contribution in [2.24, 2.45) is 0 Å². The van der Waals surface area contributed by atoms with Gasteiger partial charge in [0.1, 0.15) is 0 Å². The van der Waals surface area contributed by atoms with Crippen LogP contribution in [0.1, 0.15) is 4.88 Å². The number of nitrogens with zero attached hydrogens (tertiary/aromatic N) is 3. The maximum atomic E-state index is 5.88. The predicted molar refractivity (Wildman–Crippen MR) is 70.7 cm³/mol. The van der Waals surface area contributed by atoms with E-state index in [4.69, 9.17) is 11.6 Å². The zero-order chi connectivity index (χ0) is 11.5. The van der Waals surface area contributed by atoms with Gasteiger partial charge in [0.25, 0.3) is 0 Å². The zero-order valence-electron chi connectivity index (χ0n) is 8.73. The number of rotatable bonds is 4. The minimum atomic E-state index is 0.765. The summed E-state index contributed by atoms with van der Waals surface area (Å²) < 4.78 is 3.73. The van der Waals surface area contributed by atoms with Gasteiger partial charge in [-0.25, -0.2) is 0 Å². The molecule has 0 bridgehead atoms. The van der Waals surface area contributed by atoms with Gasteiger partial charge in [0, 0.05) is 17.6 Å². The molecule has 0 N–H and O–H groups in total. The third-order valence-electron chi connectivity index (χ3n) is 2.04. The highest BCUT2D eigenvalue weighted by molar-refractivity contribution is 9.10. The first kappa shape index (κ1) is 12.1. The molecule has 0 aliphatic heterocycles. The van der Waals surface area contributed by atoms with Gasteiger partial charge in [-0.1, -0.05) is 11.6 Å². The van der Waals surface area contributed by atoms with E-state index in [2.05, 4.69) is 39.0 Å². The largest absolute Gasteiger partial charge is 0.282 e. The number of thiophene rings is 1. The predicted octanol–water partition coefficient (Wildman–Crippen LogP) is 3.45. The van der Waals surface area contributed by atoms with Crippen LogP contribution in [0.4, 0.5) is 0 Å². The fourth-order valence-corrected chi connectivity index (χ4v) is 2.91. The van der Waals surface area contributed by atoms with Crippen molar-refractivity contribution in [1.82, 2.24) is 14.7 Å². The average molecular weight is 321 g/mol. The molecule has 0 aliphatic rings. The molecule has 2 rings (SSSR count). The van der Waals surface area contributed by atoms with Crippen molar-refractivity contribution >= 4 is 38.9 Å². The van der Waals surface area contributed by atoms with Gasteiger partial charge < -0.3 is 0 Å². The van der Waals surface area contributed by atoms with Crippen molar-refractivity contribution < 1.29 is 0 Å². The maximum absolute atomic E-state index is 5.88. The van der Waals surface area contributed by atoms with Crippen molar-refractivity contribution in [3.05, 3.63) is 38.2 Å². The molecule has 0 spiro atoms. The molecule has 6 heteroatoms. The smallest absolute Gasteiger partial charge is 0.0931 e. The average Bonchev–Trinajstić information content (AvgIpc) is 2.76. The van der Waals surface area contributed by atoms with Gasteiger partial charge in [-0.15, -0.1) is 11.3 Å². The second kappa shape index (κ2) is 5.31. The number of hydrogen-bond acceptors (Lipinski definition) is 3. The van der Waals surface area contributed by atoms with Crippen molar-refractivity contribution in [3.63, 3.8) is 0 Å². The molecule has 0 atom stereocenters. The van der Waals surface area contributed by atoms with Crippen LogP contribution in [0, 0.1) is 0 Å². The summed E-state index contributed by atoms with van der Waals surface area (Å²) in [6.07, 6.45) is 3.74. The van der Waals surface area contributed by atoms with Crippen LogP contribution in [0.2, 0.25) is 4.34 Å². The highest BCUT2D eigenvalue weighted by Gasteiger charge is 2.04. The molecule has 0 unspecified atom stereocenters. The molecular weight excluding hydrogens is 310 g/mol. The molecule has 86 valence electrons. The number of aromatic nitrogens is 2. The molecule has 16 heavy (non-hydrogen) atoms. The summed E-state index contributed by atoms with van der Waals surface area (Å²) in [5.74, 6) is 0. The normalized spacial score (nSPS) is 11.2. The van der Waals surface area contributed by atoms with Crippen molar-refractivity contribution in [2.45, 2.75) is 13.2 Å². The Labute approximate surface area is 112 Å². The Morgan fingerprint density at radius 1 is 1.56 bits per heavy atom. The Hall–Kier alpha value is -0.360. The zero-order valence-corrected chi connectivity index (χ0v) is 11.9. The topological polar surface area (TPSA) is 21.1 Å². The van der Waals surface area contributed by atoms with E-state index in [0.29, 0.717) is 0 Å². The summed E-state index contributed by atoms with van der Waals surface area (Å²) in [4.78, 5) is 3.44. The van der Waals surface area contributed by atoms with Crippen LogP contribution in [-0.2, 0) is 13.2 Å². The number of hydrogen-bond donors (Lipinski definition) is 0. The van der Waals surface area contributed by atoms with E-state index in [1.807, 2.05) is 16.9 Å². The van der Waals surface area contributed by atoms with E-state index in [-0.39, 0.29) is 0 Å². The molecular formula is C10H11BrClN3S.